The van der Waals surface area contributed by atoms with E-state index in [9.17, 15) is 14.4 Å². The molecule has 0 radical (unpaired) electrons. The van der Waals surface area contributed by atoms with E-state index in [0.29, 0.717) is 22.1 Å². The Labute approximate surface area is 174 Å². The molecule has 1 heterocycles. The van der Waals surface area contributed by atoms with Crippen LogP contribution in [0.3, 0.4) is 0 Å². The monoisotopic (exact) mass is 415 g/mol. The first-order valence-corrected chi connectivity index (χ1v) is 9.45. The number of likely N-dealkylation sites (N-methyl/N-ethyl adjacent to an activating group) is 1. The molecule has 152 valence electrons. The number of nitrogens with one attached hydrogen (secondary N) is 1. The molecular formula is C21H22ClN3O4. The summed E-state index contributed by atoms with van der Waals surface area (Å²) in [6.45, 7) is 1.78. The molecular weight excluding hydrogens is 394 g/mol. The number of halogens is 1. The minimum Gasteiger partial charge on any atom is -0.495 e. The lowest BCUT2D eigenvalue weighted by Gasteiger charge is -2.23. The van der Waals surface area contributed by atoms with Crippen molar-refractivity contribution in [3.05, 3.63) is 53.1 Å². The van der Waals surface area contributed by atoms with E-state index >= 15 is 0 Å². The molecule has 3 amide bonds. The van der Waals surface area contributed by atoms with Crippen LogP contribution in [0.15, 0.2) is 42.5 Å². The van der Waals surface area contributed by atoms with E-state index in [4.69, 9.17) is 16.3 Å². The van der Waals surface area contributed by atoms with Gasteiger partial charge in [-0.05, 0) is 43.8 Å². The Balaban J connectivity index is 1.70. The SMILES string of the molecule is COc1ccc(Cl)cc1NC(=O)CN(C)[C@H]1CC(=O)N(c2ccccc2C)C1=O. The molecule has 1 atom stereocenters. The number of carbonyl (C=O) groups excluding carboxylic acids is 3. The van der Waals surface area contributed by atoms with Crippen LogP contribution in [0.2, 0.25) is 5.02 Å². The fraction of sp³-hybridized carbons (Fsp3) is 0.286. The average Bonchev–Trinajstić information content (AvgIpc) is 2.97. The van der Waals surface area contributed by atoms with Crippen LogP contribution in [-0.4, -0.2) is 49.4 Å². The predicted molar refractivity (Wildman–Crippen MR) is 111 cm³/mol. The average molecular weight is 416 g/mol. The number of anilines is 2. The molecule has 0 aliphatic carbocycles. The second kappa shape index (κ2) is 8.63. The van der Waals surface area contributed by atoms with Gasteiger partial charge in [-0.15, -0.1) is 0 Å². The summed E-state index contributed by atoms with van der Waals surface area (Å²) in [5.41, 5.74) is 1.85. The fourth-order valence-corrected chi connectivity index (χ4v) is 3.50. The maximum absolute atomic E-state index is 12.9. The Bertz CT molecular complexity index is 963. The van der Waals surface area contributed by atoms with Gasteiger partial charge in [0.15, 0.2) is 0 Å². The van der Waals surface area contributed by atoms with E-state index in [1.807, 2.05) is 19.1 Å². The molecule has 1 aliphatic rings. The van der Waals surface area contributed by atoms with Gasteiger partial charge >= 0.3 is 0 Å². The van der Waals surface area contributed by atoms with Gasteiger partial charge in [-0.25, -0.2) is 4.90 Å². The van der Waals surface area contributed by atoms with Crippen molar-refractivity contribution in [2.45, 2.75) is 19.4 Å². The minimum absolute atomic E-state index is 0.0252. The molecule has 0 aromatic heterocycles. The first-order valence-electron chi connectivity index (χ1n) is 9.08. The Hall–Kier alpha value is -2.90. The highest BCUT2D eigenvalue weighted by atomic mass is 35.5. The van der Waals surface area contributed by atoms with Crippen molar-refractivity contribution < 1.29 is 19.1 Å². The highest BCUT2D eigenvalue weighted by Crippen LogP contribution is 2.29. The van der Waals surface area contributed by atoms with Crippen molar-refractivity contribution in [3.63, 3.8) is 0 Å². The van der Waals surface area contributed by atoms with Crippen molar-refractivity contribution >= 4 is 40.7 Å². The molecule has 0 unspecified atom stereocenters. The highest BCUT2D eigenvalue weighted by Gasteiger charge is 2.42. The van der Waals surface area contributed by atoms with Crippen LogP contribution in [0.1, 0.15) is 12.0 Å². The summed E-state index contributed by atoms with van der Waals surface area (Å²) in [6.07, 6.45) is 0.0252. The number of para-hydroxylation sites is 1. The summed E-state index contributed by atoms with van der Waals surface area (Å²) in [5.74, 6) is -0.482. The molecule has 2 aromatic carbocycles. The van der Waals surface area contributed by atoms with Crippen molar-refractivity contribution in [2.24, 2.45) is 0 Å². The maximum atomic E-state index is 12.9. The van der Waals surface area contributed by atoms with Crippen molar-refractivity contribution in [1.29, 1.82) is 0 Å². The topological polar surface area (TPSA) is 79.0 Å². The molecule has 7 nitrogen and oxygen atoms in total. The third kappa shape index (κ3) is 4.41. The standard InChI is InChI=1S/C21H22ClN3O4/c1-13-6-4-5-7-16(13)25-20(27)11-17(21(25)28)24(2)12-19(26)23-15-10-14(22)8-9-18(15)29-3/h4-10,17H,11-12H2,1-3H3,(H,23,26)/t17-/m0/s1. The van der Waals surface area contributed by atoms with Crippen LogP contribution in [0.5, 0.6) is 5.75 Å². The lowest BCUT2D eigenvalue weighted by Crippen LogP contribution is -2.43. The number of imide groups is 1. The van der Waals surface area contributed by atoms with Gasteiger partial charge in [0.1, 0.15) is 5.75 Å². The molecule has 0 bridgehead atoms. The van der Waals surface area contributed by atoms with E-state index in [-0.39, 0.29) is 30.7 Å². The summed E-state index contributed by atoms with van der Waals surface area (Å²) in [7, 11) is 3.14. The molecule has 1 N–H and O–H groups in total. The van der Waals surface area contributed by atoms with Gasteiger partial charge in [-0.2, -0.15) is 0 Å². The number of benzene rings is 2. The Morgan fingerprint density at radius 3 is 2.69 bits per heavy atom. The van der Waals surface area contributed by atoms with E-state index < -0.39 is 6.04 Å². The van der Waals surface area contributed by atoms with Gasteiger partial charge < -0.3 is 10.1 Å². The number of aryl methyl sites for hydroxylation is 1. The van der Waals surface area contributed by atoms with Gasteiger partial charge in [0, 0.05) is 5.02 Å². The van der Waals surface area contributed by atoms with Gasteiger partial charge in [0.2, 0.25) is 11.8 Å². The predicted octanol–water partition coefficient (Wildman–Crippen LogP) is 2.86. The Kier molecular flexibility index (Phi) is 6.20. The number of hydrogen-bond donors (Lipinski definition) is 1. The van der Waals surface area contributed by atoms with E-state index in [2.05, 4.69) is 5.32 Å². The second-order valence-electron chi connectivity index (χ2n) is 6.88. The number of ether oxygens (including phenoxy) is 1. The number of carbonyl (C=O) groups is 3. The summed E-state index contributed by atoms with van der Waals surface area (Å²) in [5, 5.41) is 3.19. The zero-order valence-corrected chi connectivity index (χ0v) is 17.2. The molecule has 0 spiro atoms. The maximum Gasteiger partial charge on any atom is 0.251 e. The zero-order valence-electron chi connectivity index (χ0n) is 16.4. The molecule has 1 saturated heterocycles. The molecule has 3 rings (SSSR count). The second-order valence-corrected chi connectivity index (χ2v) is 7.32. The van der Waals surface area contributed by atoms with Crippen LogP contribution in [0, 0.1) is 6.92 Å². The number of nitrogens with zero attached hydrogens (tertiary/aromatic N) is 2. The van der Waals surface area contributed by atoms with Crippen LogP contribution in [0.25, 0.3) is 0 Å². The summed E-state index contributed by atoms with van der Waals surface area (Å²) < 4.78 is 5.22. The normalized spacial score (nSPS) is 16.4. The van der Waals surface area contributed by atoms with E-state index in [1.165, 1.54) is 12.0 Å². The van der Waals surface area contributed by atoms with Crippen LogP contribution < -0.4 is 15.0 Å². The van der Waals surface area contributed by atoms with Crippen LogP contribution in [-0.2, 0) is 14.4 Å². The van der Waals surface area contributed by atoms with Gasteiger partial charge in [0.05, 0.1) is 37.5 Å². The Morgan fingerprint density at radius 2 is 2.00 bits per heavy atom. The first kappa shape index (κ1) is 20.8. The molecule has 29 heavy (non-hydrogen) atoms. The zero-order chi connectivity index (χ0) is 21.1. The largest absolute Gasteiger partial charge is 0.495 e. The third-order valence-corrected chi connectivity index (χ3v) is 5.07. The van der Waals surface area contributed by atoms with Gasteiger partial charge in [-0.1, -0.05) is 29.8 Å². The lowest BCUT2D eigenvalue weighted by atomic mass is 10.2. The first-order chi connectivity index (χ1) is 13.8. The quantitative estimate of drug-likeness (QED) is 0.734. The Morgan fingerprint density at radius 1 is 1.28 bits per heavy atom. The van der Waals surface area contributed by atoms with E-state index in [0.717, 1.165) is 5.56 Å². The highest BCUT2D eigenvalue weighted by molar-refractivity contribution is 6.31. The molecule has 1 fully saturated rings. The summed E-state index contributed by atoms with van der Waals surface area (Å²) in [4.78, 5) is 40.7. The van der Waals surface area contributed by atoms with E-state index in [1.54, 1.807) is 42.3 Å². The third-order valence-electron chi connectivity index (χ3n) is 4.84. The number of hydrogen-bond acceptors (Lipinski definition) is 5. The smallest absolute Gasteiger partial charge is 0.251 e. The van der Waals surface area contributed by atoms with Crippen LogP contribution in [0.4, 0.5) is 11.4 Å². The van der Waals surface area contributed by atoms with Crippen LogP contribution >= 0.6 is 11.6 Å². The fourth-order valence-electron chi connectivity index (χ4n) is 3.33. The molecule has 2 aromatic rings. The molecule has 0 saturated carbocycles. The minimum atomic E-state index is -0.700. The summed E-state index contributed by atoms with van der Waals surface area (Å²) >= 11 is 5.98. The van der Waals surface area contributed by atoms with Gasteiger partial charge in [0.25, 0.3) is 5.91 Å². The number of amides is 3. The lowest BCUT2D eigenvalue weighted by molar-refractivity contribution is -0.123. The van der Waals surface area contributed by atoms with Gasteiger partial charge in [-0.3, -0.25) is 19.3 Å². The molecule has 1 aliphatic heterocycles. The summed E-state index contributed by atoms with van der Waals surface area (Å²) in [6, 6.07) is 11.4. The van der Waals surface area contributed by atoms with Crippen molar-refractivity contribution in [2.75, 3.05) is 30.9 Å². The number of rotatable bonds is 6. The number of methoxy groups -OCH3 is 1. The van der Waals surface area contributed by atoms with Crippen molar-refractivity contribution in [3.8, 4) is 5.75 Å². The molecule has 8 heteroatoms. The van der Waals surface area contributed by atoms with Crippen molar-refractivity contribution in [1.82, 2.24) is 4.90 Å².